The summed E-state index contributed by atoms with van der Waals surface area (Å²) in [6.07, 6.45) is 3.94. The van der Waals surface area contributed by atoms with Gasteiger partial charge in [-0.15, -0.1) is 0 Å². The molecule has 1 heterocycles. The van der Waals surface area contributed by atoms with Crippen molar-refractivity contribution in [2.24, 2.45) is 10.9 Å². The van der Waals surface area contributed by atoms with Crippen molar-refractivity contribution < 1.29 is 5.21 Å². The highest BCUT2D eigenvalue weighted by Crippen LogP contribution is 2.35. The number of hydrogen-bond donors (Lipinski definition) is 3. The minimum Gasteiger partial charge on any atom is -0.409 e. The minimum atomic E-state index is 0.0632. The Kier molecular flexibility index (Phi) is 4.25. The van der Waals surface area contributed by atoms with Crippen LogP contribution in [0, 0.1) is 0 Å². The molecule has 0 radical (unpaired) electrons. The molecule has 0 fully saturated rings. The molecule has 0 saturated heterocycles. The first-order valence-corrected chi connectivity index (χ1v) is 6.35. The Hall–Kier alpha value is -1.95. The zero-order valence-electron chi connectivity index (χ0n) is 9.65. The zero-order chi connectivity index (χ0) is 12.8. The monoisotopic (exact) mass is 262 g/mol. The Morgan fingerprint density at radius 1 is 1.44 bits per heavy atom. The molecule has 0 aliphatic rings. The van der Waals surface area contributed by atoms with Crippen LogP contribution in [0.2, 0.25) is 0 Å². The van der Waals surface area contributed by atoms with Crippen molar-refractivity contribution in [2.45, 2.75) is 16.8 Å². The van der Waals surface area contributed by atoms with Gasteiger partial charge in [-0.1, -0.05) is 47.2 Å². The molecule has 0 bridgehead atoms. The highest BCUT2D eigenvalue weighted by molar-refractivity contribution is 7.99. The molecule has 1 atom stereocenters. The molecule has 0 spiro atoms. The lowest BCUT2D eigenvalue weighted by Gasteiger charge is -2.14. The van der Waals surface area contributed by atoms with E-state index in [0.717, 1.165) is 10.7 Å². The van der Waals surface area contributed by atoms with Gasteiger partial charge in [0.05, 0.1) is 0 Å². The highest BCUT2D eigenvalue weighted by Gasteiger charge is 2.16. The van der Waals surface area contributed by atoms with E-state index in [9.17, 15) is 0 Å². The van der Waals surface area contributed by atoms with E-state index in [1.807, 2.05) is 30.3 Å². The quantitative estimate of drug-likeness (QED) is 0.254. The summed E-state index contributed by atoms with van der Waals surface area (Å²) in [5.74, 6) is 0.211. The Balaban J connectivity index is 2.18. The Bertz CT molecular complexity index is 498. The molecule has 0 saturated carbocycles. The van der Waals surface area contributed by atoms with Crippen LogP contribution in [-0.4, -0.2) is 21.0 Å². The number of nitrogens with zero attached hydrogens (tertiary/aromatic N) is 2. The van der Waals surface area contributed by atoms with Gasteiger partial charge < -0.3 is 15.9 Å². The van der Waals surface area contributed by atoms with Crippen LogP contribution < -0.4 is 5.73 Å². The van der Waals surface area contributed by atoms with Crippen molar-refractivity contribution in [2.75, 3.05) is 0 Å². The summed E-state index contributed by atoms with van der Waals surface area (Å²) in [5.41, 5.74) is 6.71. The third-order valence-corrected chi connectivity index (χ3v) is 3.59. The van der Waals surface area contributed by atoms with Gasteiger partial charge in [-0.25, -0.2) is 4.98 Å². The number of thioether (sulfide) groups is 1. The first-order chi connectivity index (χ1) is 8.79. The predicted molar refractivity (Wildman–Crippen MR) is 71.7 cm³/mol. The Morgan fingerprint density at radius 3 is 2.83 bits per heavy atom. The summed E-state index contributed by atoms with van der Waals surface area (Å²) >= 11 is 1.55. The molecule has 1 aromatic heterocycles. The maximum atomic E-state index is 8.69. The molecule has 18 heavy (non-hydrogen) atoms. The van der Waals surface area contributed by atoms with Crippen molar-refractivity contribution in [3.8, 4) is 0 Å². The van der Waals surface area contributed by atoms with E-state index < -0.39 is 0 Å². The normalized spacial score (nSPS) is 13.4. The number of oxime groups is 1. The van der Waals surface area contributed by atoms with Crippen molar-refractivity contribution >= 4 is 17.6 Å². The summed E-state index contributed by atoms with van der Waals surface area (Å²) in [4.78, 5) is 7.22. The molecular formula is C12H14N4OS. The fourth-order valence-electron chi connectivity index (χ4n) is 1.58. The summed E-state index contributed by atoms with van der Waals surface area (Å²) in [6.45, 7) is 0. The number of rotatable bonds is 5. The Labute approximate surface area is 109 Å². The standard InChI is InChI=1S/C12H14N4OS/c13-11(16-17)8-10(9-4-2-1-3-5-9)18-12-14-6-7-15-12/h1-7,10,17H,8H2,(H2,13,16)(H,14,15). The SMILES string of the molecule is N/C(CC(Sc1ncc[nH]1)c1ccccc1)=N/O. The van der Waals surface area contributed by atoms with Gasteiger partial charge in [-0.2, -0.15) is 0 Å². The summed E-state index contributed by atoms with van der Waals surface area (Å²) in [7, 11) is 0. The average Bonchev–Trinajstić information content (AvgIpc) is 2.92. The van der Waals surface area contributed by atoms with Gasteiger partial charge >= 0.3 is 0 Å². The van der Waals surface area contributed by atoms with Crippen LogP contribution in [0.3, 0.4) is 0 Å². The van der Waals surface area contributed by atoms with Gasteiger partial charge in [0.25, 0.3) is 0 Å². The van der Waals surface area contributed by atoms with E-state index in [4.69, 9.17) is 10.9 Å². The fraction of sp³-hybridized carbons (Fsp3) is 0.167. The van der Waals surface area contributed by atoms with Crippen molar-refractivity contribution in [1.29, 1.82) is 0 Å². The molecule has 5 nitrogen and oxygen atoms in total. The predicted octanol–water partition coefficient (Wildman–Crippen LogP) is 2.38. The molecule has 1 unspecified atom stereocenters. The maximum Gasteiger partial charge on any atom is 0.165 e. The fourth-order valence-corrected chi connectivity index (χ4v) is 2.65. The van der Waals surface area contributed by atoms with Crippen LogP contribution >= 0.6 is 11.8 Å². The molecule has 0 aliphatic carbocycles. The number of hydrogen-bond acceptors (Lipinski definition) is 4. The third kappa shape index (κ3) is 3.27. The number of nitrogens with two attached hydrogens (primary N) is 1. The highest BCUT2D eigenvalue weighted by atomic mass is 32.2. The van der Waals surface area contributed by atoms with Crippen LogP contribution in [0.1, 0.15) is 17.2 Å². The molecule has 94 valence electrons. The van der Waals surface area contributed by atoms with Crippen LogP contribution in [0.25, 0.3) is 0 Å². The topological polar surface area (TPSA) is 87.3 Å². The molecular weight excluding hydrogens is 248 g/mol. The van der Waals surface area contributed by atoms with E-state index in [-0.39, 0.29) is 11.1 Å². The second-order valence-electron chi connectivity index (χ2n) is 3.71. The Morgan fingerprint density at radius 2 is 2.22 bits per heavy atom. The lowest BCUT2D eigenvalue weighted by Crippen LogP contribution is -2.14. The van der Waals surface area contributed by atoms with Gasteiger partial charge in [0.15, 0.2) is 5.16 Å². The van der Waals surface area contributed by atoms with Gasteiger partial charge in [0.2, 0.25) is 0 Å². The van der Waals surface area contributed by atoms with Gasteiger partial charge in [-0.3, -0.25) is 0 Å². The van der Waals surface area contributed by atoms with E-state index in [2.05, 4.69) is 15.1 Å². The first-order valence-electron chi connectivity index (χ1n) is 5.47. The molecule has 6 heteroatoms. The van der Waals surface area contributed by atoms with Crippen LogP contribution in [0.15, 0.2) is 53.0 Å². The van der Waals surface area contributed by atoms with E-state index in [1.165, 1.54) is 0 Å². The number of amidine groups is 1. The zero-order valence-corrected chi connectivity index (χ0v) is 10.5. The van der Waals surface area contributed by atoms with E-state index in [0.29, 0.717) is 6.42 Å². The maximum absolute atomic E-state index is 8.69. The summed E-state index contributed by atoms with van der Waals surface area (Å²) < 4.78 is 0. The molecule has 2 aromatic rings. The molecule has 0 amide bonds. The molecule has 2 rings (SSSR count). The van der Waals surface area contributed by atoms with Crippen LogP contribution in [0.4, 0.5) is 0 Å². The van der Waals surface area contributed by atoms with Crippen LogP contribution in [0.5, 0.6) is 0 Å². The van der Waals surface area contributed by atoms with E-state index >= 15 is 0 Å². The lowest BCUT2D eigenvalue weighted by atomic mass is 10.1. The molecule has 4 N–H and O–H groups in total. The minimum absolute atomic E-state index is 0.0632. The van der Waals surface area contributed by atoms with Gasteiger partial charge in [0.1, 0.15) is 5.84 Å². The first kappa shape index (κ1) is 12.5. The van der Waals surface area contributed by atoms with Gasteiger partial charge in [-0.05, 0) is 5.56 Å². The second kappa shape index (κ2) is 6.11. The largest absolute Gasteiger partial charge is 0.409 e. The number of aromatic nitrogens is 2. The van der Waals surface area contributed by atoms with Gasteiger partial charge in [0, 0.05) is 24.1 Å². The lowest BCUT2D eigenvalue weighted by molar-refractivity contribution is 0.317. The molecule has 0 aliphatic heterocycles. The number of imidazole rings is 1. The summed E-state index contributed by atoms with van der Waals surface area (Å²) in [6, 6.07) is 9.94. The van der Waals surface area contributed by atoms with E-state index in [1.54, 1.807) is 24.2 Å². The summed E-state index contributed by atoms with van der Waals surface area (Å²) in [5, 5.41) is 12.6. The molecule has 1 aromatic carbocycles. The average molecular weight is 262 g/mol. The second-order valence-corrected chi connectivity index (χ2v) is 4.90. The smallest absolute Gasteiger partial charge is 0.165 e. The number of aromatic amines is 1. The number of nitrogens with one attached hydrogen (secondary N) is 1. The van der Waals surface area contributed by atoms with Crippen molar-refractivity contribution in [3.63, 3.8) is 0 Å². The number of H-pyrrole nitrogens is 1. The third-order valence-electron chi connectivity index (χ3n) is 2.42. The number of benzene rings is 1. The van der Waals surface area contributed by atoms with Crippen molar-refractivity contribution in [3.05, 3.63) is 48.3 Å². The van der Waals surface area contributed by atoms with Crippen molar-refractivity contribution in [1.82, 2.24) is 9.97 Å². The van der Waals surface area contributed by atoms with Crippen LogP contribution in [-0.2, 0) is 0 Å².